The van der Waals surface area contributed by atoms with Crippen LogP contribution in [0.2, 0.25) is 0 Å². The lowest BCUT2D eigenvalue weighted by atomic mass is 10.3. The molecule has 1 aliphatic rings. The Balaban J connectivity index is 1.61. The van der Waals surface area contributed by atoms with Crippen LogP contribution in [0, 0.1) is 0 Å². The normalized spacial score (nSPS) is 18.0. The number of nitrogens with zero attached hydrogens (tertiary/aromatic N) is 2. The predicted octanol–water partition coefficient (Wildman–Crippen LogP) is 1.74. The summed E-state index contributed by atoms with van der Waals surface area (Å²) in [6.07, 6.45) is 1.54. The monoisotopic (exact) mass is 249 g/mol. The SMILES string of the molecule is c1ccc2c(c1)OCC(CSc1ncn[nH]1)O2. The second-order valence-corrected chi connectivity index (χ2v) is 4.61. The number of hydrogen-bond donors (Lipinski definition) is 1. The molecule has 1 N–H and O–H groups in total. The zero-order valence-electron chi connectivity index (χ0n) is 9.00. The van der Waals surface area contributed by atoms with E-state index in [-0.39, 0.29) is 6.10 Å². The van der Waals surface area contributed by atoms with Crippen molar-refractivity contribution in [3.63, 3.8) is 0 Å². The number of aromatic nitrogens is 3. The van der Waals surface area contributed by atoms with Gasteiger partial charge in [-0.2, -0.15) is 5.10 Å². The van der Waals surface area contributed by atoms with Crippen LogP contribution in [0.5, 0.6) is 11.5 Å². The minimum absolute atomic E-state index is 0.0417. The maximum Gasteiger partial charge on any atom is 0.183 e. The lowest BCUT2D eigenvalue weighted by Crippen LogP contribution is -2.31. The van der Waals surface area contributed by atoms with Crippen LogP contribution in [0.25, 0.3) is 0 Å². The second kappa shape index (κ2) is 4.67. The lowest BCUT2D eigenvalue weighted by Gasteiger charge is -2.25. The fourth-order valence-electron chi connectivity index (χ4n) is 1.58. The van der Waals surface area contributed by atoms with E-state index in [0.29, 0.717) is 6.61 Å². The molecule has 2 aromatic rings. The lowest BCUT2D eigenvalue weighted by molar-refractivity contribution is 0.107. The van der Waals surface area contributed by atoms with Crippen LogP contribution in [-0.4, -0.2) is 33.6 Å². The summed E-state index contributed by atoms with van der Waals surface area (Å²) in [5.41, 5.74) is 0. The molecule has 1 atom stereocenters. The van der Waals surface area contributed by atoms with Crippen LogP contribution in [0.4, 0.5) is 0 Å². The molecule has 17 heavy (non-hydrogen) atoms. The molecule has 0 radical (unpaired) electrons. The fraction of sp³-hybridized carbons (Fsp3) is 0.273. The molecule has 0 bridgehead atoms. The Morgan fingerprint density at radius 1 is 1.35 bits per heavy atom. The van der Waals surface area contributed by atoms with Crippen molar-refractivity contribution in [1.29, 1.82) is 0 Å². The topological polar surface area (TPSA) is 60.0 Å². The molecule has 2 heterocycles. The first kappa shape index (κ1) is 10.5. The van der Waals surface area contributed by atoms with Gasteiger partial charge in [0.1, 0.15) is 19.0 Å². The zero-order chi connectivity index (χ0) is 11.5. The fourth-order valence-corrected chi connectivity index (χ4v) is 2.33. The molecule has 3 rings (SSSR count). The highest BCUT2D eigenvalue weighted by atomic mass is 32.2. The Morgan fingerprint density at radius 3 is 3.06 bits per heavy atom. The molecule has 0 amide bonds. The number of benzene rings is 1. The smallest absolute Gasteiger partial charge is 0.183 e. The molecule has 5 nitrogen and oxygen atoms in total. The number of hydrogen-bond acceptors (Lipinski definition) is 5. The molecule has 88 valence electrons. The van der Waals surface area contributed by atoms with Crippen molar-refractivity contribution in [3.05, 3.63) is 30.6 Å². The summed E-state index contributed by atoms with van der Waals surface area (Å²) >= 11 is 1.57. The highest BCUT2D eigenvalue weighted by molar-refractivity contribution is 7.99. The van der Waals surface area contributed by atoms with Gasteiger partial charge in [0.2, 0.25) is 0 Å². The Labute approximate surface area is 103 Å². The standard InChI is InChI=1S/C11H11N3O2S/c1-2-4-10-9(3-1)15-5-8(16-10)6-17-11-12-7-13-14-11/h1-4,7-8H,5-6H2,(H,12,13,14). The van der Waals surface area contributed by atoms with Gasteiger partial charge in [0.05, 0.1) is 0 Å². The average Bonchev–Trinajstić information content (AvgIpc) is 2.89. The maximum absolute atomic E-state index is 5.82. The summed E-state index contributed by atoms with van der Waals surface area (Å²) in [6, 6.07) is 7.70. The van der Waals surface area contributed by atoms with Crippen LogP contribution in [-0.2, 0) is 0 Å². The van der Waals surface area contributed by atoms with Gasteiger partial charge >= 0.3 is 0 Å². The first-order chi connectivity index (χ1) is 8.42. The molecule has 0 fully saturated rings. The zero-order valence-corrected chi connectivity index (χ0v) is 9.81. The van der Waals surface area contributed by atoms with Crippen LogP contribution < -0.4 is 9.47 Å². The number of ether oxygens (including phenoxy) is 2. The van der Waals surface area contributed by atoms with E-state index in [1.807, 2.05) is 24.3 Å². The Kier molecular flexibility index (Phi) is 2.87. The quantitative estimate of drug-likeness (QED) is 0.839. The highest BCUT2D eigenvalue weighted by Crippen LogP contribution is 2.31. The van der Waals surface area contributed by atoms with Gasteiger partial charge in [0.25, 0.3) is 0 Å². The number of para-hydroxylation sites is 2. The molecular weight excluding hydrogens is 238 g/mol. The molecule has 0 aliphatic carbocycles. The first-order valence-electron chi connectivity index (χ1n) is 5.28. The van der Waals surface area contributed by atoms with Crippen molar-refractivity contribution >= 4 is 11.8 Å². The van der Waals surface area contributed by atoms with Crippen molar-refractivity contribution in [2.45, 2.75) is 11.3 Å². The average molecular weight is 249 g/mol. The minimum Gasteiger partial charge on any atom is -0.486 e. The molecule has 0 saturated carbocycles. The van der Waals surface area contributed by atoms with Gasteiger partial charge in [0, 0.05) is 5.75 Å². The van der Waals surface area contributed by atoms with E-state index in [1.165, 1.54) is 6.33 Å². The molecule has 1 aliphatic heterocycles. The van der Waals surface area contributed by atoms with Crippen molar-refractivity contribution in [2.24, 2.45) is 0 Å². The third kappa shape index (κ3) is 2.36. The predicted molar refractivity (Wildman–Crippen MR) is 63.5 cm³/mol. The number of H-pyrrole nitrogens is 1. The Bertz CT molecular complexity index is 489. The second-order valence-electron chi connectivity index (χ2n) is 3.60. The number of fused-ring (bicyclic) bond motifs is 1. The Morgan fingerprint density at radius 2 is 2.24 bits per heavy atom. The molecule has 1 aromatic heterocycles. The van der Waals surface area contributed by atoms with Gasteiger partial charge in [-0.05, 0) is 12.1 Å². The largest absolute Gasteiger partial charge is 0.486 e. The highest BCUT2D eigenvalue weighted by Gasteiger charge is 2.20. The van der Waals surface area contributed by atoms with Gasteiger partial charge < -0.3 is 9.47 Å². The van der Waals surface area contributed by atoms with Crippen molar-refractivity contribution in [2.75, 3.05) is 12.4 Å². The molecule has 1 unspecified atom stereocenters. The minimum atomic E-state index is 0.0417. The molecule has 0 saturated heterocycles. The van der Waals surface area contributed by atoms with E-state index in [9.17, 15) is 0 Å². The molecule has 6 heteroatoms. The maximum atomic E-state index is 5.82. The third-order valence-corrected chi connectivity index (χ3v) is 3.37. The van der Waals surface area contributed by atoms with Crippen LogP contribution in [0.3, 0.4) is 0 Å². The van der Waals surface area contributed by atoms with E-state index >= 15 is 0 Å². The summed E-state index contributed by atoms with van der Waals surface area (Å²) in [6.45, 7) is 0.568. The van der Waals surface area contributed by atoms with Crippen molar-refractivity contribution in [1.82, 2.24) is 15.2 Å². The molecule has 1 aromatic carbocycles. The Hall–Kier alpha value is -1.69. The van der Waals surface area contributed by atoms with Gasteiger partial charge in [-0.1, -0.05) is 23.9 Å². The summed E-state index contributed by atoms with van der Waals surface area (Å²) in [5, 5.41) is 7.39. The van der Waals surface area contributed by atoms with E-state index in [4.69, 9.17) is 9.47 Å². The number of aromatic amines is 1. The number of rotatable bonds is 3. The molecular formula is C11H11N3O2S. The van der Waals surface area contributed by atoms with Gasteiger partial charge in [0.15, 0.2) is 16.7 Å². The number of nitrogens with one attached hydrogen (secondary N) is 1. The van der Waals surface area contributed by atoms with Crippen LogP contribution >= 0.6 is 11.8 Å². The van der Waals surface area contributed by atoms with Crippen LogP contribution in [0.15, 0.2) is 35.7 Å². The van der Waals surface area contributed by atoms with Gasteiger partial charge in [-0.25, -0.2) is 4.98 Å². The van der Waals surface area contributed by atoms with Gasteiger partial charge in [-0.15, -0.1) is 0 Å². The van der Waals surface area contributed by atoms with Crippen molar-refractivity contribution < 1.29 is 9.47 Å². The number of thioether (sulfide) groups is 1. The summed E-state index contributed by atoms with van der Waals surface area (Å²) in [4.78, 5) is 4.04. The van der Waals surface area contributed by atoms with Crippen LogP contribution in [0.1, 0.15) is 0 Å². The van der Waals surface area contributed by atoms with E-state index < -0.39 is 0 Å². The van der Waals surface area contributed by atoms with Gasteiger partial charge in [-0.3, -0.25) is 5.10 Å². The molecule has 0 spiro atoms. The van der Waals surface area contributed by atoms with E-state index in [1.54, 1.807) is 11.8 Å². The first-order valence-corrected chi connectivity index (χ1v) is 6.27. The third-order valence-electron chi connectivity index (χ3n) is 2.37. The summed E-state index contributed by atoms with van der Waals surface area (Å²) < 4.78 is 11.4. The summed E-state index contributed by atoms with van der Waals surface area (Å²) in [5.74, 6) is 2.40. The van der Waals surface area contributed by atoms with E-state index in [2.05, 4.69) is 15.2 Å². The van der Waals surface area contributed by atoms with Crippen molar-refractivity contribution in [3.8, 4) is 11.5 Å². The van der Waals surface area contributed by atoms with E-state index in [0.717, 1.165) is 22.4 Å². The summed E-state index contributed by atoms with van der Waals surface area (Å²) in [7, 11) is 0.